The van der Waals surface area contributed by atoms with Gasteiger partial charge >= 0.3 is 0 Å². The molecule has 3 rings (SSSR count). The van der Waals surface area contributed by atoms with Crippen molar-refractivity contribution < 1.29 is 4.79 Å². The topological polar surface area (TPSA) is 64.0 Å². The highest BCUT2D eigenvalue weighted by molar-refractivity contribution is 7.99. The molecule has 28 heavy (non-hydrogen) atoms. The van der Waals surface area contributed by atoms with Crippen LogP contribution in [0.1, 0.15) is 25.8 Å². The minimum absolute atomic E-state index is 0.0877. The lowest BCUT2D eigenvalue weighted by Gasteiger charge is -2.14. The smallest absolute Gasteiger partial charge is 0.266 e. The van der Waals surface area contributed by atoms with Gasteiger partial charge in [0.1, 0.15) is 0 Å². The molecule has 0 bridgehead atoms. The Labute approximate surface area is 173 Å². The summed E-state index contributed by atoms with van der Waals surface area (Å²) in [5.74, 6) is 0.0876. The van der Waals surface area contributed by atoms with Gasteiger partial charge in [0.2, 0.25) is 5.91 Å². The fraction of sp³-hybridized carbons (Fsp3) is 0.286. The molecule has 0 radical (unpaired) electrons. The Kier molecular flexibility index (Phi) is 6.42. The van der Waals surface area contributed by atoms with Crippen molar-refractivity contribution in [2.45, 2.75) is 38.4 Å². The highest BCUT2D eigenvalue weighted by Crippen LogP contribution is 2.23. The summed E-state index contributed by atoms with van der Waals surface area (Å²) in [6.45, 7) is 5.96. The summed E-state index contributed by atoms with van der Waals surface area (Å²) in [4.78, 5) is 30.0. The first kappa shape index (κ1) is 20.4. The average molecular weight is 416 g/mol. The van der Waals surface area contributed by atoms with Crippen molar-refractivity contribution in [2.75, 3.05) is 5.75 Å². The number of hydrogen-bond donors (Lipinski definition) is 1. The van der Waals surface area contributed by atoms with Gasteiger partial charge in [-0.25, -0.2) is 4.98 Å². The molecule has 3 aromatic rings. The minimum atomic E-state index is -0.185. The van der Waals surface area contributed by atoms with Crippen molar-refractivity contribution >= 4 is 40.2 Å². The Bertz CT molecular complexity index is 1060. The van der Waals surface area contributed by atoms with E-state index in [2.05, 4.69) is 10.3 Å². The fourth-order valence-electron chi connectivity index (χ4n) is 2.71. The van der Waals surface area contributed by atoms with Crippen LogP contribution in [0.2, 0.25) is 5.02 Å². The number of aromatic nitrogens is 2. The van der Waals surface area contributed by atoms with Gasteiger partial charge < -0.3 is 5.32 Å². The van der Waals surface area contributed by atoms with Gasteiger partial charge in [-0.2, -0.15) is 0 Å². The molecule has 7 heteroatoms. The number of fused-ring (bicyclic) bond motifs is 1. The zero-order valence-corrected chi connectivity index (χ0v) is 17.6. The summed E-state index contributed by atoms with van der Waals surface area (Å²) in [6.07, 6.45) is 0.858. The Morgan fingerprint density at radius 3 is 2.64 bits per heavy atom. The van der Waals surface area contributed by atoms with E-state index in [9.17, 15) is 9.59 Å². The molecule has 0 saturated carbocycles. The largest absolute Gasteiger partial charge is 0.353 e. The van der Waals surface area contributed by atoms with E-state index in [1.54, 1.807) is 22.8 Å². The molecule has 2 aromatic carbocycles. The summed E-state index contributed by atoms with van der Waals surface area (Å²) in [5, 5.41) is 4.39. The Hall–Kier alpha value is -2.31. The molecule has 0 spiro atoms. The van der Waals surface area contributed by atoms with E-state index in [0.717, 1.165) is 12.0 Å². The number of nitrogens with one attached hydrogen (secondary N) is 1. The molecule has 0 aliphatic carbocycles. The number of halogens is 1. The molecular weight excluding hydrogens is 394 g/mol. The highest BCUT2D eigenvalue weighted by atomic mass is 35.5. The van der Waals surface area contributed by atoms with Gasteiger partial charge in [-0.1, -0.05) is 48.0 Å². The van der Waals surface area contributed by atoms with Crippen LogP contribution in [0.4, 0.5) is 0 Å². The van der Waals surface area contributed by atoms with Gasteiger partial charge in [-0.15, -0.1) is 0 Å². The normalized spacial score (nSPS) is 12.1. The number of thioether (sulfide) groups is 1. The predicted octanol–water partition coefficient (Wildman–Crippen LogP) is 4.35. The second-order valence-corrected chi connectivity index (χ2v) is 8.08. The van der Waals surface area contributed by atoms with E-state index in [1.807, 2.05) is 45.0 Å². The number of benzene rings is 2. The van der Waals surface area contributed by atoms with E-state index in [-0.39, 0.29) is 23.3 Å². The molecule has 0 aliphatic heterocycles. The molecule has 1 heterocycles. The van der Waals surface area contributed by atoms with Crippen molar-refractivity contribution in [3.63, 3.8) is 0 Å². The number of nitrogens with zero attached hydrogens (tertiary/aromatic N) is 2. The number of carbonyl (C=O) groups excluding carboxylic acids is 1. The molecule has 0 fully saturated rings. The lowest BCUT2D eigenvalue weighted by atomic mass is 10.2. The molecule has 5 nitrogen and oxygen atoms in total. The third kappa shape index (κ3) is 4.56. The van der Waals surface area contributed by atoms with E-state index in [1.165, 1.54) is 11.8 Å². The van der Waals surface area contributed by atoms with Crippen LogP contribution in [-0.2, 0) is 4.79 Å². The molecule has 1 aromatic heterocycles. The molecule has 0 aliphatic rings. The first-order valence-corrected chi connectivity index (χ1v) is 10.5. The average Bonchev–Trinajstić information content (AvgIpc) is 2.67. The summed E-state index contributed by atoms with van der Waals surface area (Å²) < 4.78 is 1.55. The SMILES string of the molecule is CC[C@H](C)NC(=O)CSc1nc2cc(Cl)ccc2c(=O)n1-c1ccc(C)cc1. The third-order valence-corrected chi connectivity index (χ3v) is 5.62. The monoisotopic (exact) mass is 415 g/mol. The number of amides is 1. The zero-order chi connectivity index (χ0) is 20.3. The van der Waals surface area contributed by atoms with E-state index in [4.69, 9.17) is 11.6 Å². The van der Waals surface area contributed by atoms with E-state index < -0.39 is 0 Å². The molecule has 146 valence electrons. The van der Waals surface area contributed by atoms with Gasteiger partial charge in [0.15, 0.2) is 5.16 Å². The van der Waals surface area contributed by atoms with Crippen LogP contribution < -0.4 is 10.9 Å². The molecule has 1 atom stereocenters. The van der Waals surface area contributed by atoms with Crippen LogP contribution in [0.25, 0.3) is 16.6 Å². The van der Waals surface area contributed by atoms with Crippen LogP contribution in [-0.4, -0.2) is 27.3 Å². The summed E-state index contributed by atoms with van der Waals surface area (Å²) in [6, 6.07) is 12.8. The van der Waals surface area contributed by atoms with Gasteiger partial charge in [0.05, 0.1) is 22.3 Å². The molecule has 0 unspecified atom stereocenters. The molecule has 1 amide bonds. The standard InChI is InChI=1S/C21H22ClN3O2S/c1-4-14(3)23-19(26)12-28-21-24-18-11-15(22)7-10-17(18)20(27)25(21)16-8-5-13(2)6-9-16/h5-11,14H,4,12H2,1-3H3,(H,23,26)/t14-/m0/s1. The quantitative estimate of drug-likeness (QED) is 0.480. The van der Waals surface area contributed by atoms with E-state index >= 15 is 0 Å². The van der Waals surface area contributed by atoms with Crippen LogP contribution in [0.15, 0.2) is 52.4 Å². The minimum Gasteiger partial charge on any atom is -0.353 e. The second-order valence-electron chi connectivity index (χ2n) is 6.70. The van der Waals surface area contributed by atoms with Crippen LogP contribution in [0.3, 0.4) is 0 Å². The number of rotatable bonds is 6. The van der Waals surface area contributed by atoms with Crippen molar-refractivity contribution in [1.82, 2.24) is 14.9 Å². The highest BCUT2D eigenvalue weighted by Gasteiger charge is 2.15. The zero-order valence-electron chi connectivity index (χ0n) is 16.0. The maximum Gasteiger partial charge on any atom is 0.266 e. The number of aryl methyl sites for hydroxylation is 1. The van der Waals surface area contributed by atoms with E-state index in [0.29, 0.717) is 26.8 Å². The maximum absolute atomic E-state index is 13.2. The first-order chi connectivity index (χ1) is 13.4. The maximum atomic E-state index is 13.2. The summed E-state index contributed by atoms with van der Waals surface area (Å²) in [7, 11) is 0. The number of carbonyl (C=O) groups is 1. The van der Waals surface area contributed by atoms with Gasteiger partial charge in [0.25, 0.3) is 5.56 Å². The van der Waals surface area contributed by atoms with Crippen molar-refractivity contribution in [3.05, 3.63) is 63.4 Å². The Morgan fingerprint density at radius 1 is 1.25 bits per heavy atom. The van der Waals surface area contributed by atoms with Gasteiger partial charge in [-0.3, -0.25) is 14.2 Å². The molecule has 1 N–H and O–H groups in total. The van der Waals surface area contributed by atoms with Crippen molar-refractivity contribution in [1.29, 1.82) is 0 Å². The Morgan fingerprint density at radius 2 is 1.96 bits per heavy atom. The Balaban J connectivity index is 2.05. The van der Waals surface area contributed by atoms with Crippen molar-refractivity contribution in [2.24, 2.45) is 0 Å². The molecule has 0 saturated heterocycles. The van der Waals surface area contributed by atoms with Crippen LogP contribution >= 0.6 is 23.4 Å². The predicted molar refractivity (Wildman–Crippen MR) is 116 cm³/mol. The summed E-state index contributed by atoms with van der Waals surface area (Å²) >= 11 is 7.32. The first-order valence-electron chi connectivity index (χ1n) is 9.10. The lowest BCUT2D eigenvalue weighted by Crippen LogP contribution is -2.33. The van der Waals surface area contributed by atoms with Crippen molar-refractivity contribution in [3.8, 4) is 5.69 Å². The third-order valence-electron chi connectivity index (χ3n) is 4.44. The molecular formula is C21H22ClN3O2S. The second kappa shape index (κ2) is 8.80. The van der Waals surface area contributed by atoms with Crippen LogP contribution in [0, 0.1) is 6.92 Å². The lowest BCUT2D eigenvalue weighted by molar-refractivity contribution is -0.119. The van der Waals surface area contributed by atoms with Gasteiger partial charge in [-0.05, 0) is 50.6 Å². The number of hydrogen-bond acceptors (Lipinski definition) is 4. The van der Waals surface area contributed by atoms with Crippen LogP contribution in [0.5, 0.6) is 0 Å². The van der Waals surface area contributed by atoms with Gasteiger partial charge in [0, 0.05) is 11.1 Å². The summed E-state index contributed by atoms with van der Waals surface area (Å²) in [5.41, 5.74) is 2.14. The fourth-order valence-corrected chi connectivity index (χ4v) is 3.70.